The molecule has 3 rings (SSSR count). The molecule has 24 heavy (non-hydrogen) atoms. The number of aromatic carboxylic acids is 1. The first kappa shape index (κ1) is 17.3. The molecule has 0 saturated carbocycles. The van der Waals surface area contributed by atoms with Crippen LogP contribution in [0.1, 0.15) is 22.5 Å². The normalized spacial score (nSPS) is 16.6. The number of aromatic amines is 2. The molecule has 2 aromatic heterocycles. The van der Waals surface area contributed by atoms with E-state index in [1.807, 2.05) is 22.4 Å². The number of carboxylic acids is 1. The van der Waals surface area contributed by atoms with Gasteiger partial charge in [-0.25, -0.2) is 19.6 Å². The van der Waals surface area contributed by atoms with Gasteiger partial charge in [-0.15, -0.1) is 0 Å². The van der Waals surface area contributed by atoms with Crippen LogP contribution in [-0.4, -0.2) is 44.1 Å². The Morgan fingerprint density at radius 1 is 1.25 bits per heavy atom. The Hall–Kier alpha value is -3.07. The summed E-state index contributed by atoms with van der Waals surface area (Å²) in [6, 6.07) is 0.795. The highest BCUT2D eigenvalue weighted by Crippen LogP contribution is 2.10. The molecule has 3 heterocycles. The number of hydrogen-bond donors (Lipinski definition) is 4. The van der Waals surface area contributed by atoms with Crippen molar-refractivity contribution in [2.45, 2.75) is 6.42 Å². The van der Waals surface area contributed by atoms with E-state index < -0.39 is 22.9 Å². The molecular formula is C15H17N5O4. The zero-order valence-electron chi connectivity index (χ0n) is 12.7. The third kappa shape index (κ3) is 5.61. The van der Waals surface area contributed by atoms with Crippen molar-refractivity contribution >= 4 is 12.0 Å². The number of carbonyl (C=O) groups is 1. The molecule has 9 heteroatoms. The first-order valence-corrected chi connectivity index (χ1v) is 7.25. The standard InChI is InChI=1S/C10H13N3.C5H4N2O4/c1(9-3-4-11-5-9)2-10-6-12-8-13-7-10;8-3-1-2(4(9)10)6-5(11)7-3/h1-2,6-9,11H,3-5H2;1H,(H,9,10)(H2,6,7,8,11)/b2-1+;. The van der Waals surface area contributed by atoms with Crippen LogP contribution in [0.3, 0.4) is 0 Å². The minimum atomic E-state index is -1.34. The van der Waals surface area contributed by atoms with Crippen LogP contribution >= 0.6 is 0 Å². The molecule has 1 aliphatic heterocycles. The average molecular weight is 331 g/mol. The van der Waals surface area contributed by atoms with Crippen molar-refractivity contribution in [3.05, 3.63) is 63.0 Å². The maximum atomic E-state index is 10.5. The summed E-state index contributed by atoms with van der Waals surface area (Å²) in [5.41, 5.74) is -0.894. The van der Waals surface area contributed by atoms with Crippen molar-refractivity contribution in [2.24, 2.45) is 5.92 Å². The fourth-order valence-corrected chi connectivity index (χ4v) is 2.07. The van der Waals surface area contributed by atoms with Crippen LogP contribution in [0.15, 0.2) is 40.5 Å². The van der Waals surface area contributed by atoms with E-state index in [0.717, 1.165) is 24.7 Å². The van der Waals surface area contributed by atoms with Crippen molar-refractivity contribution in [3.63, 3.8) is 0 Å². The number of rotatable bonds is 3. The number of H-pyrrole nitrogens is 2. The number of carboxylic acid groups (broad SMARTS) is 1. The lowest BCUT2D eigenvalue weighted by Crippen LogP contribution is -2.24. The first-order valence-electron chi connectivity index (χ1n) is 7.25. The second-order valence-corrected chi connectivity index (χ2v) is 5.09. The molecule has 1 fully saturated rings. The van der Waals surface area contributed by atoms with E-state index in [1.54, 1.807) is 6.33 Å². The summed E-state index contributed by atoms with van der Waals surface area (Å²) in [4.78, 5) is 42.8. The van der Waals surface area contributed by atoms with Crippen molar-refractivity contribution < 1.29 is 9.90 Å². The average Bonchev–Trinajstić information content (AvgIpc) is 3.07. The highest BCUT2D eigenvalue weighted by Gasteiger charge is 2.09. The van der Waals surface area contributed by atoms with Crippen molar-refractivity contribution in [2.75, 3.05) is 13.1 Å². The molecule has 0 spiro atoms. The van der Waals surface area contributed by atoms with Gasteiger partial charge < -0.3 is 15.4 Å². The minimum absolute atomic E-state index is 0.418. The van der Waals surface area contributed by atoms with E-state index in [-0.39, 0.29) is 0 Å². The molecule has 1 aliphatic rings. The van der Waals surface area contributed by atoms with Crippen LogP contribution in [0.25, 0.3) is 6.08 Å². The molecule has 0 radical (unpaired) electrons. The Bertz CT molecular complexity index is 778. The third-order valence-corrected chi connectivity index (χ3v) is 3.23. The molecule has 0 amide bonds. The van der Waals surface area contributed by atoms with Crippen LogP contribution in [0.4, 0.5) is 0 Å². The number of hydrogen-bond acceptors (Lipinski definition) is 6. The summed E-state index contributed by atoms with van der Waals surface area (Å²) >= 11 is 0. The van der Waals surface area contributed by atoms with Gasteiger partial charge in [0.25, 0.3) is 5.56 Å². The molecule has 0 aliphatic carbocycles. The first-order chi connectivity index (χ1) is 11.5. The van der Waals surface area contributed by atoms with Gasteiger partial charge in [-0.05, 0) is 18.9 Å². The number of nitrogens with one attached hydrogen (secondary N) is 3. The highest BCUT2D eigenvalue weighted by atomic mass is 16.4. The molecule has 4 N–H and O–H groups in total. The summed E-state index contributed by atoms with van der Waals surface area (Å²) in [5, 5.41) is 11.6. The summed E-state index contributed by atoms with van der Waals surface area (Å²) in [7, 11) is 0. The van der Waals surface area contributed by atoms with E-state index >= 15 is 0 Å². The van der Waals surface area contributed by atoms with Gasteiger partial charge in [0.2, 0.25) is 0 Å². The predicted octanol–water partition coefficient (Wildman–Crippen LogP) is -0.139. The van der Waals surface area contributed by atoms with Gasteiger partial charge in [0.05, 0.1) is 0 Å². The minimum Gasteiger partial charge on any atom is -0.477 e. The Kier molecular flexibility index (Phi) is 6.15. The van der Waals surface area contributed by atoms with Gasteiger partial charge in [0, 0.05) is 30.6 Å². The predicted molar refractivity (Wildman–Crippen MR) is 86.7 cm³/mol. The molecule has 2 aromatic rings. The van der Waals surface area contributed by atoms with Gasteiger partial charge in [-0.1, -0.05) is 12.2 Å². The van der Waals surface area contributed by atoms with E-state index in [9.17, 15) is 14.4 Å². The SMILES string of the molecule is C(=C\C1CCNC1)/c1cncnc1.O=C(O)c1cc(=O)[nH]c(=O)[nH]1. The fraction of sp³-hybridized carbons (Fsp3) is 0.267. The smallest absolute Gasteiger partial charge is 0.352 e. The molecule has 9 nitrogen and oxygen atoms in total. The summed E-state index contributed by atoms with van der Waals surface area (Å²) in [6.45, 7) is 2.24. The van der Waals surface area contributed by atoms with Crippen LogP contribution in [0, 0.1) is 5.92 Å². The second kappa shape index (κ2) is 8.53. The van der Waals surface area contributed by atoms with Gasteiger partial charge in [-0.2, -0.15) is 0 Å². The summed E-state index contributed by atoms with van der Waals surface area (Å²) in [5.74, 6) is -0.659. The Morgan fingerprint density at radius 2 is 2.00 bits per heavy atom. The number of nitrogens with zero attached hydrogens (tertiary/aromatic N) is 2. The molecule has 0 aromatic carbocycles. The van der Waals surface area contributed by atoms with Crippen molar-refractivity contribution in [1.82, 2.24) is 25.3 Å². The van der Waals surface area contributed by atoms with E-state index in [1.165, 1.54) is 6.42 Å². The molecular weight excluding hydrogens is 314 g/mol. The lowest BCUT2D eigenvalue weighted by Gasteiger charge is -1.98. The van der Waals surface area contributed by atoms with Crippen LogP contribution in [-0.2, 0) is 0 Å². The molecule has 1 atom stereocenters. The van der Waals surface area contributed by atoms with Gasteiger partial charge in [0.15, 0.2) is 0 Å². The third-order valence-electron chi connectivity index (χ3n) is 3.23. The zero-order valence-corrected chi connectivity index (χ0v) is 12.7. The van der Waals surface area contributed by atoms with Crippen molar-refractivity contribution in [3.8, 4) is 0 Å². The summed E-state index contributed by atoms with van der Waals surface area (Å²) < 4.78 is 0. The quantitative estimate of drug-likeness (QED) is 0.613. The second-order valence-electron chi connectivity index (χ2n) is 5.09. The number of aromatic nitrogens is 4. The summed E-state index contributed by atoms with van der Waals surface area (Å²) in [6.07, 6.45) is 10.8. The maximum absolute atomic E-state index is 10.5. The fourth-order valence-electron chi connectivity index (χ4n) is 2.07. The Balaban J connectivity index is 0.000000177. The van der Waals surface area contributed by atoms with Gasteiger partial charge >= 0.3 is 11.7 Å². The van der Waals surface area contributed by atoms with E-state index in [2.05, 4.69) is 27.4 Å². The van der Waals surface area contributed by atoms with Crippen LogP contribution in [0.5, 0.6) is 0 Å². The largest absolute Gasteiger partial charge is 0.477 e. The highest BCUT2D eigenvalue weighted by molar-refractivity contribution is 5.84. The Labute approximate surface area is 136 Å². The zero-order chi connectivity index (χ0) is 17.4. The van der Waals surface area contributed by atoms with Crippen LogP contribution in [0.2, 0.25) is 0 Å². The molecule has 1 unspecified atom stereocenters. The monoisotopic (exact) mass is 331 g/mol. The van der Waals surface area contributed by atoms with E-state index in [0.29, 0.717) is 5.92 Å². The van der Waals surface area contributed by atoms with Gasteiger partial charge in [-0.3, -0.25) is 9.78 Å². The molecule has 0 bridgehead atoms. The Morgan fingerprint density at radius 3 is 2.58 bits per heavy atom. The lowest BCUT2D eigenvalue weighted by molar-refractivity contribution is 0.0689. The van der Waals surface area contributed by atoms with Gasteiger partial charge in [0.1, 0.15) is 12.0 Å². The van der Waals surface area contributed by atoms with Crippen LogP contribution < -0.4 is 16.6 Å². The molecule has 126 valence electrons. The lowest BCUT2D eigenvalue weighted by atomic mass is 10.1. The van der Waals surface area contributed by atoms with Crippen molar-refractivity contribution in [1.29, 1.82) is 0 Å². The topological polar surface area (TPSA) is 141 Å². The van der Waals surface area contributed by atoms with E-state index in [4.69, 9.17) is 5.11 Å². The molecule has 1 saturated heterocycles. The maximum Gasteiger partial charge on any atom is 0.352 e.